The van der Waals surface area contributed by atoms with Crippen LogP contribution < -0.4 is 16.6 Å². The van der Waals surface area contributed by atoms with Gasteiger partial charge in [-0.15, -0.1) is 0 Å². The highest BCUT2D eigenvalue weighted by molar-refractivity contribution is 5.87. The van der Waals surface area contributed by atoms with Gasteiger partial charge in [0.2, 0.25) is 5.91 Å². The third-order valence-electron chi connectivity index (χ3n) is 3.76. The van der Waals surface area contributed by atoms with E-state index in [4.69, 9.17) is 5.73 Å². The van der Waals surface area contributed by atoms with Crippen LogP contribution in [0.15, 0.2) is 38.8 Å². The molecule has 0 unspecified atom stereocenters. The Hall–Kier alpha value is -3.03. The predicted octanol–water partition coefficient (Wildman–Crippen LogP) is 2.79. The minimum Gasteiger partial charge on any atom is -0.396 e. The number of hydrogen-bond donors (Lipinski definition) is 2. The molecular weight excluding hydrogens is 368 g/mol. The van der Waals surface area contributed by atoms with Crippen LogP contribution in [0.3, 0.4) is 0 Å². The van der Waals surface area contributed by atoms with Crippen molar-refractivity contribution in [3.8, 4) is 0 Å². The average molecular weight is 401 g/mol. The van der Waals surface area contributed by atoms with Gasteiger partial charge in [-0.3, -0.25) is 14.6 Å². The molecule has 0 radical (unpaired) electrons. The van der Waals surface area contributed by atoms with Crippen molar-refractivity contribution in [2.45, 2.75) is 66.5 Å². The lowest BCUT2D eigenvalue weighted by molar-refractivity contribution is -0.121. The Morgan fingerprint density at radius 1 is 1.31 bits per heavy atom. The second-order valence-electron chi connectivity index (χ2n) is 7.05. The first kappa shape index (κ1) is 24.0. The predicted molar refractivity (Wildman–Crippen MR) is 120 cm³/mol. The first-order chi connectivity index (χ1) is 13.7. The van der Waals surface area contributed by atoms with Crippen molar-refractivity contribution in [2.24, 2.45) is 9.98 Å². The maximum Gasteiger partial charge on any atom is 0.278 e. The van der Waals surface area contributed by atoms with E-state index in [1.165, 1.54) is 6.21 Å². The summed E-state index contributed by atoms with van der Waals surface area (Å²) in [5, 5.41) is 7.03. The number of nitrogens with two attached hydrogens (primary N) is 1. The van der Waals surface area contributed by atoms with E-state index >= 15 is 0 Å². The Morgan fingerprint density at radius 2 is 2.00 bits per heavy atom. The second kappa shape index (κ2) is 11.7. The summed E-state index contributed by atoms with van der Waals surface area (Å²) in [7, 11) is 0. The molecule has 0 aliphatic heterocycles. The second-order valence-corrected chi connectivity index (χ2v) is 7.05. The summed E-state index contributed by atoms with van der Waals surface area (Å²) in [6.07, 6.45) is 9.14. The van der Waals surface area contributed by atoms with E-state index < -0.39 is 11.5 Å². The molecule has 8 heteroatoms. The average Bonchev–Trinajstić information content (AvgIpc) is 2.63. The Balaban J connectivity index is 3.24. The third kappa shape index (κ3) is 7.48. The normalized spacial score (nSPS) is 12.9. The summed E-state index contributed by atoms with van der Waals surface area (Å²) < 4.78 is 1.13. The lowest BCUT2D eigenvalue weighted by Crippen LogP contribution is -2.36. The van der Waals surface area contributed by atoms with Crippen molar-refractivity contribution >= 4 is 24.0 Å². The van der Waals surface area contributed by atoms with Gasteiger partial charge >= 0.3 is 0 Å². The van der Waals surface area contributed by atoms with Crippen LogP contribution in [-0.2, 0) is 11.3 Å². The van der Waals surface area contributed by atoms with Crippen LogP contribution in [0.25, 0.3) is 0 Å². The number of carbonyl (C=O) groups is 1. The van der Waals surface area contributed by atoms with Gasteiger partial charge < -0.3 is 11.1 Å². The highest BCUT2D eigenvalue weighted by atomic mass is 16.2. The zero-order valence-corrected chi connectivity index (χ0v) is 18.1. The Morgan fingerprint density at radius 3 is 2.55 bits per heavy atom. The van der Waals surface area contributed by atoms with Gasteiger partial charge in [0, 0.05) is 18.5 Å². The fraction of sp³-hybridized carbons (Fsp3) is 0.476. The molecule has 1 amide bonds. The largest absolute Gasteiger partial charge is 0.396 e. The number of rotatable bonds is 9. The van der Waals surface area contributed by atoms with Gasteiger partial charge in [0.15, 0.2) is 0 Å². The topological polar surface area (TPSA) is 115 Å². The number of carbonyl (C=O) groups excluding carboxylic acids is 1. The number of hydrogen-bond acceptors (Lipinski definition) is 6. The molecule has 1 heterocycles. The van der Waals surface area contributed by atoms with Gasteiger partial charge in [-0.1, -0.05) is 26.8 Å². The molecule has 29 heavy (non-hydrogen) atoms. The molecule has 3 N–H and O–H groups in total. The Bertz CT molecular complexity index is 876. The first-order valence-electron chi connectivity index (χ1n) is 9.80. The monoisotopic (exact) mass is 400 g/mol. The summed E-state index contributed by atoms with van der Waals surface area (Å²) in [6, 6.07) is 0.0120. The maximum atomic E-state index is 12.8. The molecule has 0 aliphatic carbocycles. The molecule has 0 saturated heterocycles. The van der Waals surface area contributed by atoms with Crippen molar-refractivity contribution in [3.05, 3.63) is 45.7 Å². The van der Waals surface area contributed by atoms with Gasteiger partial charge in [-0.2, -0.15) is 5.10 Å². The van der Waals surface area contributed by atoms with Crippen LogP contribution >= 0.6 is 0 Å². The quantitative estimate of drug-likeness (QED) is 0.620. The van der Waals surface area contributed by atoms with E-state index in [9.17, 15) is 9.59 Å². The van der Waals surface area contributed by atoms with Gasteiger partial charge in [-0.05, 0) is 45.3 Å². The first-order valence-corrected chi connectivity index (χ1v) is 9.80. The van der Waals surface area contributed by atoms with E-state index in [1.807, 2.05) is 47.6 Å². The summed E-state index contributed by atoms with van der Waals surface area (Å²) in [6.45, 7) is 11.2. The fourth-order valence-electron chi connectivity index (χ4n) is 2.36. The number of nitrogens with zero attached hydrogens (tertiary/aromatic N) is 4. The summed E-state index contributed by atoms with van der Waals surface area (Å²) in [5.41, 5.74) is 6.81. The van der Waals surface area contributed by atoms with Crippen LogP contribution in [0, 0.1) is 0 Å². The van der Waals surface area contributed by atoms with Gasteiger partial charge in [0.1, 0.15) is 12.4 Å². The molecule has 0 atom stereocenters. The maximum absolute atomic E-state index is 12.8. The third-order valence-corrected chi connectivity index (χ3v) is 3.76. The Labute approximate surface area is 172 Å². The lowest BCUT2D eigenvalue weighted by Gasteiger charge is -2.14. The van der Waals surface area contributed by atoms with E-state index in [1.54, 1.807) is 18.4 Å². The number of allylic oxidation sites excluding steroid dienone is 3. The number of aromatic nitrogens is 2. The van der Waals surface area contributed by atoms with Crippen molar-refractivity contribution in [3.63, 3.8) is 0 Å². The highest BCUT2D eigenvalue weighted by Gasteiger charge is 2.18. The molecular formula is C21H32N6O2. The number of anilines is 1. The van der Waals surface area contributed by atoms with Gasteiger partial charge in [0.05, 0.1) is 16.9 Å². The minimum absolute atomic E-state index is 0.0120. The minimum atomic E-state index is -0.454. The molecule has 1 rings (SSSR count). The van der Waals surface area contributed by atoms with Crippen molar-refractivity contribution in [1.82, 2.24) is 15.1 Å². The van der Waals surface area contributed by atoms with Crippen LogP contribution in [0.1, 0.15) is 65.1 Å². The Kier molecular flexibility index (Phi) is 9.71. The molecule has 1 aromatic heterocycles. The van der Waals surface area contributed by atoms with Crippen LogP contribution in [0.4, 0.5) is 5.69 Å². The van der Waals surface area contributed by atoms with Crippen LogP contribution in [0.5, 0.6) is 0 Å². The zero-order valence-electron chi connectivity index (χ0n) is 18.1. The SMILES string of the molecule is C\C=C/C=N/C(=C/CC)NC(=O)Cn1nc(C(C)C)c(N)c(C=NC(C)C)c1=O. The van der Waals surface area contributed by atoms with Crippen molar-refractivity contribution < 1.29 is 4.79 Å². The molecule has 0 aliphatic rings. The van der Waals surface area contributed by atoms with E-state index in [0.29, 0.717) is 23.6 Å². The van der Waals surface area contributed by atoms with Crippen LogP contribution in [-0.4, -0.2) is 34.2 Å². The summed E-state index contributed by atoms with van der Waals surface area (Å²) in [5.74, 6) is 0.00464. The van der Waals surface area contributed by atoms with Gasteiger partial charge in [0.25, 0.3) is 5.56 Å². The number of aliphatic imine (C=N–C) groups is 2. The smallest absolute Gasteiger partial charge is 0.278 e. The summed E-state index contributed by atoms with van der Waals surface area (Å²) >= 11 is 0. The van der Waals surface area contributed by atoms with Gasteiger partial charge in [-0.25, -0.2) is 9.67 Å². The standard InChI is InChI=1S/C21H32N6O2/c1-7-9-11-23-17(10-8-2)25-18(28)13-27-21(29)16(12-24-15(5)6)19(22)20(26-27)14(3)4/h7,9-12,14-15H,8,13,22H2,1-6H3,(H,25,28)/b9-7-,17-10-,23-11+,24-12?. The molecule has 0 saturated carbocycles. The molecule has 1 aromatic rings. The van der Waals surface area contributed by atoms with E-state index in [0.717, 1.165) is 4.68 Å². The summed E-state index contributed by atoms with van der Waals surface area (Å²) in [4.78, 5) is 33.8. The number of nitrogens with one attached hydrogen (secondary N) is 1. The molecule has 158 valence electrons. The molecule has 8 nitrogen and oxygen atoms in total. The van der Waals surface area contributed by atoms with Crippen molar-refractivity contribution in [2.75, 3.05) is 5.73 Å². The highest BCUT2D eigenvalue weighted by Crippen LogP contribution is 2.19. The molecule has 0 bridgehead atoms. The zero-order chi connectivity index (χ0) is 22.0. The van der Waals surface area contributed by atoms with Crippen LogP contribution in [0.2, 0.25) is 0 Å². The van der Waals surface area contributed by atoms with E-state index in [-0.39, 0.29) is 24.1 Å². The molecule has 0 spiro atoms. The molecule has 0 aromatic carbocycles. The van der Waals surface area contributed by atoms with Crippen molar-refractivity contribution in [1.29, 1.82) is 0 Å². The van der Waals surface area contributed by atoms with E-state index in [2.05, 4.69) is 20.4 Å². The fourth-order valence-corrected chi connectivity index (χ4v) is 2.36. The number of nitrogen functional groups attached to an aromatic ring is 1. The number of amides is 1. The molecule has 0 fully saturated rings. The lowest BCUT2D eigenvalue weighted by atomic mass is 10.1.